The molecule has 0 aromatic heterocycles. The second-order valence-corrected chi connectivity index (χ2v) is 6.33. The van der Waals surface area contributed by atoms with Crippen molar-refractivity contribution in [1.29, 1.82) is 0 Å². The summed E-state index contributed by atoms with van der Waals surface area (Å²) >= 11 is 12.4. The Morgan fingerprint density at radius 3 is 2.25 bits per heavy atom. The molecule has 0 amide bonds. The van der Waals surface area contributed by atoms with Crippen molar-refractivity contribution in [1.82, 2.24) is 10.2 Å². The molecule has 0 aliphatic rings. The molecule has 0 fully saturated rings. The van der Waals surface area contributed by atoms with Crippen LogP contribution in [0.15, 0.2) is 18.2 Å². The van der Waals surface area contributed by atoms with Crippen LogP contribution in [0.1, 0.15) is 32.3 Å². The van der Waals surface area contributed by atoms with Gasteiger partial charge in [0, 0.05) is 21.6 Å². The van der Waals surface area contributed by atoms with Crippen LogP contribution in [0.5, 0.6) is 0 Å². The van der Waals surface area contributed by atoms with Crippen LogP contribution in [0.25, 0.3) is 0 Å². The molecule has 0 saturated carbocycles. The molecule has 0 spiro atoms. The Balaban J connectivity index is 3.09. The molecule has 2 nitrogen and oxygen atoms in total. The lowest BCUT2D eigenvalue weighted by atomic mass is 9.80. The number of nitrogens with one attached hydrogen (secondary N) is 1. The molecule has 20 heavy (non-hydrogen) atoms. The van der Waals surface area contributed by atoms with Crippen molar-refractivity contribution >= 4 is 23.2 Å². The zero-order valence-corrected chi connectivity index (χ0v) is 14.6. The van der Waals surface area contributed by atoms with E-state index in [-0.39, 0.29) is 5.54 Å². The van der Waals surface area contributed by atoms with Crippen molar-refractivity contribution in [3.63, 3.8) is 0 Å². The van der Waals surface area contributed by atoms with Crippen LogP contribution in [-0.4, -0.2) is 37.6 Å². The number of nitrogens with zero attached hydrogens (tertiary/aromatic N) is 1. The molecular formula is C16H26Cl2N2. The van der Waals surface area contributed by atoms with Gasteiger partial charge in [-0.15, -0.1) is 0 Å². The van der Waals surface area contributed by atoms with E-state index in [0.717, 1.165) is 34.9 Å². The largest absolute Gasteiger partial charge is 0.315 e. The van der Waals surface area contributed by atoms with E-state index in [0.29, 0.717) is 6.04 Å². The average molecular weight is 317 g/mol. The molecule has 1 rings (SSSR count). The Kier molecular flexibility index (Phi) is 6.80. The zero-order valence-electron chi connectivity index (χ0n) is 13.1. The van der Waals surface area contributed by atoms with E-state index in [2.05, 4.69) is 38.2 Å². The number of likely N-dealkylation sites (N-methyl/N-ethyl adjacent to an activating group) is 2. The standard InChI is InChI=1S/C16H26Cl2N2/c1-6-16(7-2,20(4)5)15(19-3)11-12-10-13(17)8-9-14(12)18/h8-10,15,19H,6-7,11H2,1-5H3. The predicted molar refractivity (Wildman–Crippen MR) is 90.0 cm³/mol. The first-order chi connectivity index (χ1) is 9.41. The third-order valence-electron chi connectivity index (χ3n) is 4.54. The molecule has 1 aromatic rings. The van der Waals surface area contributed by atoms with Gasteiger partial charge in [-0.25, -0.2) is 0 Å². The lowest BCUT2D eigenvalue weighted by molar-refractivity contribution is 0.0918. The highest BCUT2D eigenvalue weighted by Gasteiger charge is 2.37. The maximum atomic E-state index is 6.31. The van der Waals surface area contributed by atoms with Crippen LogP contribution in [0, 0.1) is 0 Å². The van der Waals surface area contributed by atoms with Crippen molar-refractivity contribution in [2.24, 2.45) is 0 Å². The Labute approximate surface area is 133 Å². The SMILES string of the molecule is CCC(CC)(C(Cc1cc(Cl)ccc1Cl)NC)N(C)C. The van der Waals surface area contributed by atoms with E-state index in [1.54, 1.807) is 0 Å². The van der Waals surface area contributed by atoms with Crippen molar-refractivity contribution in [3.8, 4) is 0 Å². The second kappa shape index (κ2) is 7.65. The van der Waals surface area contributed by atoms with E-state index < -0.39 is 0 Å². The molecule has 1 atom stereocenters. The maximum absolute atomic E-state index is 6.31. The summed E-state index contributed by atoms with van der Waals surface area (Å²) in [6.07, 6.45) is 3.04. The van der Waals surface area contributed by atoms with Crippen LogP contribution < -0.4 is 5.32 Å². The minimum atomic E-state index is 0.112. The Morgan fingerprint density at radius 1 is 1.20 bits per heavy atom. The topological polar surface area (TPSA) is 15.3 Å². The summed E-state index contributed by atoms with van der Waals surface area (Å²) in [4.78, 5) is 2.33. The van der Waals surface area contributed by atoms with Crippen molar-refractivity contribution in [2.45, 2.75) is 44.7 Å². The summed E-state index contributed by atoms with van der Waals surface area (Å²) in [6, 6.07) is 6.00. The van der Waals surface area contributed by atoms with Crippen molar-refractivity contribution < 1.29 is 0 Å². The number of rotatable bonds is 7. The summed E-state index contributed by atoms with van der Waals surface area (Å²) in [5.74, 6) is 0. The highest BCUT2D eigenvalue weighted by Crippen LogP contribution is 2.30. The minimum absolute atomic E-state index is 0.112. The van der Waals surface area contributed by atoms with Gasteiger partial charge >= 0.3 is 0 Å². The van der Waals surface area contributed by atoms with Gasteiger partial charge in [-0.05, 0) is 64.2 Å². The van der Waals surface area contributed by atoms with E-state index in [9.17, 15) is 0 Å². The third-order valence-corrected chi connectivity index (χ3v) is 5.15. The number of hydrogen-bond donors (Lipinski definition) is 1. The summed E-state index contributed by atoms with van der Waals surface area (Å²) in [5.41, 5.74) is 1.21. The first kappa shape index (κ1) is 17.8. The molecule has 0 bridgehead atoms. The molecule has 1 unspecified atom stereocenters. The first-order valence-electron chi connectivity index (χ1n) is 7.19. The van der Waals surface area contributed by atoms with E-state index in [1.807, 2.05) is 25.2 Å². The van der Waals surface area contributed by atoms with Gasteiger partial charge in [-0.2, -0.15) is 0 Å². The monoisotopic (exact) mass is 316 g/mol. The lowest BCUT2D eigenvalue weighted by Gasteiger charge is -2.45. The second-order valence-electron chi connectivity index (χ2n) is 5.49. The van der Waals surface area contributed by atoms with Gasteiger partial charge in [0.2, 0.25) is 0 Å². The summed E-state index contributed by atoms with van der Waals surface area (Å²) < 4.78 is 0. The summed E-state index contributed by atoms with van der Waals surface area (Å²) in [7, 11) is 6.32. The number of hydrogen-bond acceptors (Lipinski definition) is 2. The molecule has 0 saturated heterocycles. The first-order valence-corrected chi connectivity index (χ1v) is 7.95. The molecule has 0 heterocycles. The Bertz CT molecular complexity index is 428. The predicted octanol–water partition coefficient (Wildman–Crippen LogP) is 4.24. The van der Waals surface area contributed by atoms with E-state index in [1.165, 1.54) is 0 Å². The highest BCUT2D eigenvalue weighted by molar-refractivity contribution is 6.33. The van der Waals surface area contributed by atoms with Gasteiger partial charge < -0.3 is 10.2 Å². The van der Waals surface area contributed by atoms with Gasteiger partial charge in [0.25, 0.3) is 0 Å². The minimum Gasteiger partial charge on any atom is -0.315 e. The van der Waals surface area contributed by atoms with Gasteiger partial charge in [-0.3, -0.25) is 0 Å². The number of halogens is 2. The molecule has 1 N–H and O–H groups in total. The smallest absolute Gasteiger partial charge is 0.0439 e. The van der Waals surface area contributed by atoms with Gasteiger partial charge in [0.1, 0.15) is 0 Å². The quantitative estimate of drug-likeness (QED) is 0.809. The third kappa shape index (κ3) is 3.67. The van der Waals surface area contributed by atoms with Crippen LogP contribution in [-0.2, 0) is 6.42 Å². The molecule has 4 heteroatoms. The van der Waals surface area contributed by atoms with E-state index >= 15 is 0 Å². The molecular weight excluding hydrogens is 291 g/mol. The fraction of sp³-hybridized carbons (Fsp3) is 0.625. The van der Waals surface area contributed by atoms with Crippen LogP contribution >= 0.6 is 23.2 Å². The fourth-order valence-electron chi connectivity index (χ4n) is 3.17. The molecule has 1 aromatic carbocycles. The van der Waals surface area contributed by atoms with Gasteiger partial charge in [0.15, 0.2) is 0 Å². The molecule has 0 aliphatic heterocycles. The normalized spacial score (nSPS) is 13.8. The van der Waals surface area contributed by atoms with Crippen LogP contribution in [0.3, 0.4) is 0 Å². The van der Waals surface area contributed by atoms with E-state index in [4.69, 9.17) is 23.2 Å². The molecule has 0 aliphatic carbocycles. The summed E-state index contributed by atoms with van der Waals surface area (Å²) in [6.45, 7) is 4.49. The summed E-state index contributed by atoms with van der Waals surface area (Å²) in [5, 5.41) is 5.00. The zero-order chi connectivity index (χ0) is 15.3. The van der Waals surface area contributed by atoms with Crippen molar-refractivity contribution in [2.75, 3.05) is 21.1 Å². The maximum Gasteiger partial charge on any atom is 0.0439 e. The Hall–Kier alpha value is -0.280. The van der Waals surface area contributed by atoms with Crippen molar-refractivity contribution in [3.05, 3.63) is 33.8 Å². The molecule has 114 valence electrons. The van der Waals surface area contributed by atoms with Gasteiger partial charge in [-0.1, -0.05) is 37.0 Å². The lowest BCUT2D eigenvalue weighted by Crippen LogP contribution is -2.58. The Morgan fingerprint density at radius 2 is 1.80 bits per heavy atom. The fourth-order valence-corrected chi connectivity index (χ4v) is 3.56. The van der Waals surface area contributed by atoms with Crippen LogP contribution in [0.2, 0.25) is 10.0 Å². The highest BCUT2D eigenvalue weighted by atomic mass is 35.5. The van der Waals surface area contributed by atoms with Gasteiger partial charge in [0.05, 0.1) is 0 Å². The average Bonchev–Trinajstić information content (AvgIpc) is 2.42. The molecule has 0 radical (unpaired) electrons. The van der Waals surface area contributed by atoms with Crippen LogP contribution in [0.4, 0.5) is 0 Å². The number of benzene rings is 1.